The number of nitrogens with one attached hydrogen (secondary N) is 1. The summed E-state index contributed by atoms with van der Waals surface area (Å²) in [5, 5.41) is 4.03. The molecule has 6 heteroatoms. The van der Waals surface area contributed by atoms with Crippen molar-refractivity contribution >= 4 is 23.5 Å². The molecule has 0 fully saturated rings. The monoisotopic (exact) mass is 307 g/mol. The maximum absolute atomic E-state index is 5.70. The van der Waals surface area contributed by atoms with Gasteiger partial charge in [-0.2, -0.15) is 5.10 Å². The molecule has 0 unspecified atom stereocenters. The number of thiocarbonyl (C=S) groups is 1. The van der Waals surface area contributed by atoms with Gasteiger partial charge >= 0.3 is 0 Å². The fourth-order valence-electron chi connectivity index (χ4n) is 1.46. The van der Waals surface area contributed by atoms with E-state index in [0.717, 1.165) is 5.56 Å². The van der Waals surface area contributed by atoms with E-state index in [2.05, 4.69) is 22.7 Å². The van der Waals surface area contributed by atoms with Crippen molar-refractivity contribution in [1.82, 2.24) is 5.43 Å². The summed E-state index contributed by atoms with van der Waals surface area (Å²) in [6.45, 7) is 7.06. The molecule has 0 saturated heterocycles. The Hall–Kier alpha value is -2.08. The molecular weight excluding hydrogens is 286 g/mol. The van der Waals surface area contributed by atoms with Crippen LogP contribution >= 0.6 is 12.2 Å². The molecule has 114 valence electrons. The maximum Gasteiger partial charge on any atom is 0.184 e. The lowest BCUT2D eigenvalue weighted by Crippen LogP contribution is -2.23. The Labute approximate surface area is 130 Å². The second kappa shape index (κ2) is 8.97. The van der Waals surface area contributed by atoms with Crippen LogP contribution in [0.2, 0.25) is 0 Å². The molecule has 0 amide bonds. The van der Waals surface area contributed by atoms with E-state index >= 15 is 0 Å². The largest absolute Gasteiger partial charge is 0.490 e. The van der Waals surface area contributed by atoms with Gasteiger partial charge in [0.15, 0.2) is 16.6 Å². The molecule has 0 bridgehead atoms. The number of rotatable bonds is 7. The summed E-state index contributed by atoms with van der Waals surface area (Å²) < 4.78 is 11.3. The maximum atomic E-state index is 5.70. The number of hydrogen-bond acceptors (Lipinski definition) is 4. The molecule has 21 heavy (non-hydrogen) atoms. The van der Waals surface area contributed by atoms with E-state index in [9.17, 15) is 0 Å². The Kier molecular flexibility index (Phi) is 7.25. The summed E-state index contributed by atoms with van der Waals surface area (Å²) in [4.78, 5) is 0. The Morgan fingerprint density at radius 3 is 2.71 bits per heavy atom. The van der Waals surface area contributed by atoms with E-state index in [0.29, 0.717) is 24.7 Å². The van der Waals surface area contributed by atoms with Crippen molar-refractivity contribution in [3.8, 4) is 11.5 Å². The number of benzene rings is 1. The van der Waals surface area contributed by atoms with Crippen molar-refractivity contribution in [3.05, 3.63) is 35.4 Å². The lowest BCUT2D eigenvalue weighted by Gasteiger charge is -2.11. The highest BCUT2D eigenvalue weighted by Gasteiger charge is 2.05. The van der Waals surface area contributed by atoms with Crippen LogP contribution in [0.5, 0.6) is 11.5 Å². The Bertz CT molecular complexity index is 538. The van der Waals surface area contributed by atoms with E-state index in [-0.39, 0.29) is 5.11 Å². The molecule has 0 aliphatic rings. The van der Waals surface area contributed by atoms with Crippen LogP contribution in [0.25, 0.3) is 0 Å². The fraction of sp³-hybridized carbons (Fsp3) is 0.333. The first kappa shape index (κ1) is 17.0. The standard InChI is InChI=1S/C15H21N3O2S/c1-4-19-14-9-12(10-17-18-15(16)21)5-6-13(14)20-8-7-11(2)3/h5-7,9-10H,4,8H2,1-3H3,(H3,16,18,21). The van der Waals surface area contributed by atoms with Crippen LogP contribution in [0.1, 0.15) is 26.3 Å². The van der Waals surface area contributed by atoms with E-state index < -0.39 is 0 Å². The first-order chi connectivity index (χ1) is 10.0. The number of nitrogens with zero attached hydrogens (tertiary/aromatic N) is 1. The minimum Gasteiger partial charge on any atom is -0.490 e. The van der Waals surface area contributed by atoms with Gasteiger partial charge in [-0.3, -0.25) is 5.43 Å². The molecule has 0 aliphatic heterocycles. The first-order valence-corrected chi connectivity index (χ1v) is 7.05. The Morgan fingerprint density at radius 2 is 2.10 bits per heavy atom. The molecule has 3 N–H and O–H groups in total. The van der Waals surface area contributed by atoms with Gasteiger partial charge in [0, 0.05) is 0 Å². The highest BCUT2D eigenvalue weighted by molar-refractivity contribution is 7.80. The van der Waals surface area contributed by atoms with Gasteiger partial charge in [-0.05, 0) is 62.8 Å². The van der Waals surface area contributed by atoms with Gasteiger partial charge in [0.05, 0.1) is 12.8 Å². The van der Waals surface area contributed by atoms with Crippen LogP contribution in [0.3, 0.4) is 0 Å². The van der Waals surface area contributed by atoms with Crippen molar-refractivity contribution in [2.75, 3.05) is 13.2 Å². The summed E-state index contributed by atoms with van der Waals surface area (Å²) in [5.74, 6) is 1.38. The van der Waals surface area contributed by atoms with Crippen LogP contribution in [0.4, 0.5) is 0 Å². The molecule has 0 aromatic heterocycles. The van der Waals surface area contributed by atoms with Crippen LogP contribution in [-0.2, 0) is 0 Å². The van der Waals surface area contributed by atoms with Crippen molar-refractivity contribution in [3.63, 3.8) is 0 Å². The summed E-state index contributed by atoms with van der Waals surface area (Å²) in [5.41, 5.74) is 9.87. The predicted molar refractivity (Wildman–Crippen MR) is 90.1 cm³/mol. The SMILES string of the molecule is CCOc1cc(C=NNC(N)=S)ccc1OCC=C(C)C. The molecular formula is C15H21N3O2S. The van der Waals surface area contributed by atoms with Crippen LogP contribution in [0.15, 0.2) is 34.9 Å². The fourth-order valence-corrected chi connectivity index (χ4v) is 1.51. The van der Waals surface area contributed by atoms with E-state index in [4.69, 9.17) is 15.2 Å². The minimum atomic E-state index is 0.123. The second-order valence-electron chi connectivity index (χ2n) is 4.47. The van der Waals surface area contributed by atoms with E-state index in [1.807, 2.05) is 45.0 Å². The van der Waals surface area contributed by atoms with Gasteiger partial charge in [0.1, 0.15) is 6.61 Å². The average Bonchev–Trinajstić information content (AvgIpc) is 2.40. The molecule has 0 heterocycles. The molecule has 1 aromatic rings. The lowest BCUT2D eigenvalue weighted by atomic mass is 10.2. The van der Waals surface area contributed by atoms with Crippen LogP contribution < -0.4 is 20.6 Å². The number of ether oxygens (including phenoxy) is 2. The highest BCUT2D eigenvalue weighted by atomic mass is 32.1. The summed E-state index contributed by atoms with van der Waals surface area (Å²) in [6.07, 6.45) is 3.62. The van der Waals surface area contributed by atoms with Gasteiger partial charge in [-0.1, -0.05) is 5.57 Å². The molecule has 0 spiro atoms. The molecule has 0 radical (unpaired) electrons. The smallest absolute Gasteiger partial charge is 0.184 e. The highest BCUT2D eigenvalue weighted by Crippen LogP contribution is 2.28. The third-order valence-electron chi connectivity index (χ3n) is 2.39. The Balaban J connectivity index is 2.82. The van der Waals surface area contributed by atoms with Gasteiger partial charge in [-0.25, -0.2) is 0 Å². The number of allylic oxidation sites excluding steroid dienone is 1. The van der Waals surface area contributed by atoms with E-state index in [1.54, 1.807) is 6.21 Å². The number of hydrogen-bond donors (Lipinski definition) is 2. The molecule has 1 rings (SSSR count). The number of nitrogens with two attached hydrogens (primary N) is 1. The van der Waals surface area contributed by atoms with Gasteiger partial charge in [0.2, 0.25) is 0 Å². The zero-order valence-corrected chi connectivity index (χ0v) is 13.4. The lowest BCUT2D eigenvalue weighted by molar-refractivity contribution is 0.296. The molecule has 0 aliphatic carbocycles. The van der Waals surface area contributed by atoms with Crippen LogP contribution in [0, 0.1) is 0 Å². The summed E-state index contributed by atoms with van der Waals surface area (Å²) in [6, 6.07) is 5.59. The second-order valence-corrected chi connectivity index (χ2v) is 4.91. The molecule has 5 nitrogen and oxygen atoms in total. The van der Waals surface area contributed by atoms with Gasteiger partial charge < -0.3 is 15.2 Å². The topological polar surface area (TPSA) is 68.9 Å². The average molecular weight is 307 g/mol. The molecule has 0 atom stereocenters. The van der Waals surface area contributed by atoms with Crippen molar-refractivity contribution in [1.29, 1.82) is 0 Å². The summed E-state index contributed by atoms with van der Waals surface area (Å²) in [7, 11) is 0. The first-order valence-electron chi connectivity index (χ1n) is 6.64. The molecule has 1 aromatic carbocycles. The van der Waals surface area contributed by atoms with Crippen molar-refractivity contribution in [2.24, 2.45) is 10.8 Å². The van der Waals surface area contributed by atoms with E-state index in [1.165, 1.54) is 5.57 Å². The molecule has 0 saturated carbocycles. The third kappa shape index (κ3) is 6.76. The Morgan fingerprint density at radius 1 is 1.33 bits per heavy atom. The van der Waals surface area contributed by atoms with Crippen molar-refractivity contribution in [2.45, 2.75) is 20.8 Å². The van der Waals surface area contributed by atoms with Crippen LogP contribution in [-0.4, -0.2) is 24.5 Å². The van der Waals surface area contributed by atoms with Gasteiger partial charge in [-0.15, -0.1) is 0 Å². The predicted octanol–water partition coefficient (Wildman–Crippen LogP) is 2.60. The summed E-state index contributed by atoms with van der Waals surface area (Å²) >= 11 is 4.67. The zero-order chi connectivity index (χ0) is 15.7. The normalized spacial score (nSPS) is 10.2. The van der Waals surface area contributed by atoms with Crippen molar-refractivity contribution < 1.29 is 9.47 Å². The third-order valence-corrected chi connectivity index (χ3v) is 2.48. The zero-order valence-electron chi connectivity index (χ0n) is 12.6. The number of hydrazone groups is 1. The minimum absolute atomic E-state index is 0.123. The quantitative estimate of drug-likeness (QED) is 0.351. The van der Waals surface area contributed by atoms with Gasteiger partial charge in [0.25, 0.3) is 0 Å².